The molecule has 2 atom stereocenters. The molecule has 94 valence electrons. The summed E-state index contributed by atoms with van der Waals surface area (Å²) < 4.78 is 6.03. The van der Waals surface area contributed by atoms with E-state index in [1.54, 1.807) is 0 Å². The molecule has 1 saturated carbocycles. The summed E-state index contributed by atoms with van der Waals surface area (Å²) in [5, 5.41) is 9.37. The van der Waals surface area contributed by atoms with Crippen LogP contribution < -0.4 is 0 Å². The van der Waals surface area contributed by atoms with E-state index in [9.17, 15) is 5.11 Å². The van der Waals surface area contributed by atoms with Crippen molar-refractivity contribution in [3.63, 3.8) is 0 Å². The van der Waals surface area contributed by atoms with Crippen molar-refractivity contribution in [2.24, 2.45) is 11.8 Å². The number of fused-ring (bicyclic) bond motifs is 1. The van der Waals surface area contributed by atoms with E-state index in [0.717, 1.165) is 18.9 Å². The molecule has 0 unspecified atom stereocenters. The summed E-state index contributed by atoms with van der Waals surface area (Å²) in [5.74, 6) is 1.15. The Bertz CT molecular complexity index is 350. The van der Waals surface area contributed by atoms with Gasteiger partial charge in [-0.15, -0.1) is 0 Å². The Morgan fingerprint density at radius 3 is 2.71 bits per heavy atom. The van der Waals surface area contributed by atoms with Crippen LogP contribution in [-0.2, 0) is 4.74 Å². The Hall–Kier alpha value is -0.600. The lowest BCUT2D eigenvalue weighted by molar-refractivity contribution is 0.0328. The predicted molar refractivity (Wildman–Crippen MR) is 67.7 cm³/mol. The first kappa shape index (κ1) is 11.5. The van der Waals surface area contributed by atoms with Gasteiger partial charge in [0.15, 0.2) is 0 Å². The van der Waals surface area contributed by atoms with E-state index in [-0.39, 0.29) is 6.61 Å². The third-order valence-electron chi connectivity index (χ3n) is 4.77. The highest BCUT2D eigenvalue weighted by Gasteiger charge is 2.43. The molecule has 2 nitrogen and oxygen atoms in total. The highest BCUT2D eigenvalue weighted by Crippen LogP contribution is 2.47. The zero-order valence-corrected chi connectivity index (χ0v) is 10.5. The largest absolute Gasteiger partial charge is 0.392 e. The molecule has 0 spiro atoms. The minimum Gasteiger partial charge on any atom is -0.392 e. The first-order valence-corrected chi connectivity index (χ1v) is 6.92. The van der Waals surface area contributed by atoms with Crippen molar-refractivity contribution in [2.45, 2.75) is 44.6 Å². The maximum Gasteiger partial charge on any atom is 0.0711 e. The topological polar surface area (TPSA) is 29.5 Å². The van der Waals surface area contributed by atoms with Crippen LogP contribution in [-0.4, -0.2) is 24.4 Å². The molecular formula is C15H22O2. The molecule has 1 aliphatic heterocycles. The number of hydrogen-bond donors (Lipinski definition) is 1. The van der Waals surface area contributed by atoms with Crippen LogP contribution >= 0.6 is 0 Å². The van der Waals surface area contributed by atoms with Crippen molar-refractivity contribution in [3.8, 4) is 0 Å². The number of aliphatic hydroxyl groups excluding tert-OH is 1. The van der Waals surface area contributed by atoms with Gasteiger partial charge in [0.05, 0.1) is 19.3 Å². The van der Waals surface area contributed by atoms with Gasteiger partial charge in [0.25, 0.3) is 0 Å². The van der Waals surface area contributed by atoms with Crippen LogP contribution in [0.5, 0.6) is 0 Å². The van der Waals surface area contributed by atoms with Gasteiger partial charge in [0.1, 0.15) is 0 Å². The van der Waals surface area contributed by atoms with E-state index in [2.05, 4.69) is 6.58 Å². The monoisotopic (exact) mass is 234 g/mol. The third kappa shape index (κ3) is 1.88. The third-order valence-corrected chi connectivity index (χ3v) is 4.77. The van der Waals surface area contributed by atoms with Gasteiger partial charge in [-0.05, 0) is 36.3 Å². The highest BCUT2D eigenvalue weighted by molar-refractivity contribution is 5.40. The molecular weight excluding hydrogens is 212 g/mol. The molecule has 0 aromatic carbocycles. The van der Waals surface area contributed by atoms with Gasteiger partial charge in [-0.1, -0.05) is 31.4 Å². The Labute approximate surface area is 103 Å². The van der Waals surface area contributed by atoms with Crippen LogP contribution in [0.3, 0.4) is 0 Å². The fourth-order valence-electron chi connectivity index (χ4n) is 3.90. The van der Waals surface area contributed by atoms with Gasteiger partial charge < -0.3 is 9.84 Å². The second-order valence-electron chi connectivity index (χ2n) is 5.77. The second kappa shape index (κ2) is 4.58. The van der Waals surface area contributed by atoms with Gasteiger partial charge in [0, 0.05) is 5.92 Å². The van der Waals surface area contributed by atoms with Gasteiger partial charge >= 0.3 is 0 Å². The Morgan fingerprint density at radius 1 is 1.24 bits per heavy atom. The zero-order chi connectivity index (χ0) is 11.8. The molecule has 2 aliphatic carbocycles. The fourth-order valence-corrected chi connectivity index (χ4v) is 3.90. The van der Waals surface area contributed by atoms with E-state index < -0.39 is 0 Å². The molecule has 0 bridgehead atoms. The molecule has 17 heavy (non-hydrogen) atoms. The lowest BCUT2D eigenvalue weighted by Crippen LogP contribution is -2.28. The standard InChI is InChI=1S/C15H22O2/c1-10-7-12(8-16)13-9-17-15(14(10)13)11-5-3-2-4-6-11/h11,14-16H,1-9H2/t14-,15+/m0/s1. The van der Waals surface area contributed by atoms with Crippen molar-refractivity contribution >= 4 is 0 Å². The maximum atomic E-state index is 9.37. The zero-order valence-electron chi connectivity index (χ0n) is 10.5. The minimum atomic E-state index is 0.186. The Kier molecular flexibility index (Phi) is 3.10. The van der Waals surface area contributed by atoms with E-state index in [1.807, 2.05) is 0 Å². The van der Waals surface area contributed by atoms with Gasteiger partial charge in [-0.3, -0.25) is 0 Å². The van der Waals surface area contributed by atoms with Crippen LogP contribution in [0.25, 0.3) is 0 Å². The molecule has 3 aliphatic rings. The lowest BCUT2D eigenvalue weighted by Gasteiger charge is -2.30. The SMILES string of the molecule is C=C1CC(CO)=C2CO[C@H](C3CCCCC3)[C@@H]12. The van der Waals surface area contributed by atoms with Crippen molar-refractivity contribution in [3.05, 3.63) is 23.3 Å². The molecule has 2 heteroatoms. The molecule has 1 saturated heterocycles. The molecule has 0 amide bonds. The van der Waals surface area contributed by atoms with Crippen LogP contribution in [0.15, 0.2) is 23.3 Å². The van der Waals surface area contributed by atoms with E-state index in [1.165, 1.54) is 48.8 Å². The number of aliphatic hydroxyl groups is 1. The average molecular weight is 234 g/mol. The smallest absolute Gasteiger partial charge is 0.0711 e. The highest BCUT2D eigenvalue weighted by atomic mass is 16.5. The van der Waals surface area contributed by atoms with Gasteiger partial charge in [-0.2, -0.15) is 0 Å². The first-order valence-electron chi connectivity index (χ1n) is 6.92. The number of rotatable bonds is 2. The first-order chi connectivity index (χ1) is 8.31. The quantitative estimate of drug-likeness (QED) is 0.744. The lowest BCUT2D eigenvalue weighted by atomic mass is 9.78. The number of ether oxygens (including phenoxy) is 1. The van der Waals surface area contributed by atoms with Crippen LogP contribution in [0, 0.1) is 11.8 Å². The summed E-state index contributed by atoms with van der Waals surface area (Å²) in [4.78, 5) is 0. The minimum absolute atomic E-state index is 0.186. The summed E-state index contributed by atoms with van der Waals surface area (Å²) in [5.41, 5.74) is 3.81. The van der Waals surface area contributed by atoms with Crippen molar-refractivity contribution < 1.29 is 9.84 Å². The van der Waals surface area contributed by atoms with E-state index in [4.69, 9.17) is 4.74 Å². The molecule has 0 aromatic rings. The molecule has 3 rings (SSSR count). The molecule has 0 radical (unpaired) electrons. The average Bonchev–Trinajstić information content (AvgIpc) is 2.92. The molecule has 1 heterocycles. The van der Waals surface area contributed by atoms with Crippen molar-refractivity contribution in [2.75, 3.05) is 13.2 Å². The molecule has 2 fully saturated rings. The van der Waals surface area contributed by atoms with Crippen LogP contribution in [0.1, 0.15) is 38.5 Å². The predicted octanol–water partition coefficient (Wildman–Crippen LogP) is 2.83. The summed E-state index contributed by atoms with van der Waals surface area (Å²) in [6.07, 6.45) is 8.00. The van der Waals surface area contributed by atoms with Gasteiger partial charge in [0.2, 0.25) is 0 Å². The van der Waals surface area contributed by atoms with Crippen molar-refractivity contribution in [1.29, 1.82) is 0 Å². The summed E-state index contributed by atoms with van der Waals surface area (Å²) in [7, 11) is 0. The number of hydrogen-bond acceptors (Lipinski definition) is 2. The Morgan fingerprint density at radius 2 is 2.00 bits per heavy atom. The maximum absolute atomic E-state index is 9.37. The van der Waals surface area contributed by atoms with Crippen LogP contribution in [0.4, 0.5) is 0 Å². The second-order valence-corrected chi connectivity index (χ2v) is 5.77. The normalized spacial score (nSPS) is 34.5. The molecule has 1 N–H and O–H groups in total. The summed E-state index contributed by atoms with van der Waals surface area (Å²) >= 11 is 0. The Balaban J connectivity index is 1.80. The van der Waals surface area contributed by atoms with Gasteiger partial charge in [-0.25, -0.2) is 0 Å². The van der Waals surface area contributed by atoms with E-state index >= 15 is 0 Å². The summed E-state index contributed by atoms with van der Waals surface area (Å²) in [6, 6.07) is 0. The molecule has 0 aromatic heterocycles. The summed E-state index contributed by atoms with van der Waals surface area (Å²) in [6.45, 7) is 5.13. The van der Waals surface area contributed by atoms with Crippen molar-refractivity contribution in [1.82, 2.24) is 0 Å². The fraction of sp³-hybridized carbons (Fsp3) is 0.733. The van der Waals surface area contributed by atoms with E-state index in [0.29, 0.717) is 12.0 Å². The van der Waals surface area contributed by atoms with Crippen LogP contribution in [0.2, 0.25) is 0 Å².